The first-order valence-electron chi connectivity index (χ1n) is 13.8. The number of hydrogen-bond donors (Lipinski definition) is 0. The van der Waals surface area contributed by atoms with Crippen molar-refractivity contribution in [3.63, 3.8) is 0 Å². The molecule has 2 unspecified atom stereocenters. The van der Waals surface area contributed by atoms with Crippen LogP contribution in [0.3, 0.4) is 0 Å². The summed E-state index contributed by atoms with van der Waals surface area (Å²) in [6, 6.07) is 7.51. The molecule has 1 aliphatic carbocycles. The fraction of sp³-hybridized carbons (Fsp3) is 0.562. The number of aliphatic imine (C=N–C) groups is 2. The van der Waals surface area contributed by atoms with Crippen LogP contribution in [0.2, 0.25) is 0 Å². The number of allylic oxidation sites excluding steroid dienone is 2. The molecule has 0 radical (unpaired) electrons. The lowest BCUT2D eigenvalue weighted by Gasteiger charge is -2.46. The third-order valence-corrected chi connectivity index (χ3v) is 8.31. The molecule has 3 rings (SSSR count). The average molecular weight is 538 g/mol. The number of rotatable bonds is 10. The number of amides is 1. The van der Waals surface area contributed by atoms with Gasteiger partial charge >= 0.3 is 0 Å². The highest BCUT2D eigenvalue weighted by Crippen LogP contribution is 2.48. The SMILES string of the molecule is C=CC(Cl)/C=C(\C=NC)C1=NC2(CCC(C(C)C)CC2)N(C(CCC(C)(C)C)c2ccc(C=O)cc2)C1=O. The Morgan fingerprint density at radius 2 is 1.87 bits per heavy atom. The van der Waals surface area contributed by atoms with Crippen molar-refractivity contribution in [2.75, 3.05) is 7.05 Å². The first-order chi connectivity index (χ1) is 17.9. The number of nitrogens with zero attached hydrogens (tertiary/aromatic N) is 3. The molecule has 1 heterocycles. The molecule has 0 bridgehead atoms. The van der Waals surface area contributed by atoms with Crippen molar-refractivity contribution >= 4 is 35.7 Å². The maximum absolute atomic E-state index is 14.4. The second kappa shape index (κ2) is 12.5. The second-order valence-electron chi connectivity index (χ2n) is 12.3. The molecule has 1 aromatic rings. The summed E-state index contributed by atoms with van der Waals surface area (Å²) < 4.78 is 0. The topological polar surface area (TPSA) is 62.1 Å². The zero-order chi connectivity index (χ0) is 28.1. The van der Waals surface area contributed by atoms with E-state index in [9.17, 15) is 9.59 Å². The lowest BCUT2D eigenvalue weighted by atomic mass is 9.75. The van der Waals surface area contributed by atoms with Crippen LogP contribution in [0.25, 0.3) is 0 Å². The van der Waals surface area contributed by atoms with Gasteiger partial charge in [0.1, 0.15) is 17.7 Å². The predicted octanol–water partition coefficient (Wildman–Crippen LogP) is 7.61. The van der Waals surface area contributed by atoms with E-state index >= 15 is 0 Å². The molecule has 0 aromatic heterocycles. The number of halogens is 1. The minimum atomic E-state index is -0.611. The predicted molar refractivity (Wildman–Crippen MR) is 159 cm³/mol. The summed E-state index contributed by atoms with van der Waals surface area (Å²) in [6.45, 7) is 15.0. The zero-order valence-electron chi connectivity index (χ0n) is 23.9. The number of benzene rings is 1. The molecule has 206 valence electrons. The van der Waals surface area contributed by atoms with Gasteiger partial charge in [0.2, 0.25) is 0 Å². The third-order valence-electron chi connectivity index (χ3n) is 8.01. The van der Waals surface area contributed by atoms with E-state index in [1.54, 1.807) is 25.4 Å². The van der Waals surface area contributed by atoms with Gasteiger partial charge in [-0.1, -0.05) is 71.0 Å². The van der Waals surface area contributed by atoms with E-state index in [0.717, 1.165) is 50.4 Å². The Balaban J connectivity index is 2.15. The number of carbonyl (C=O) groups excluding carboxylic acids is 2. The van der Waals surface area contributed by atoms with Crippen molar-refractivity contribution in [3.8, 4) is 0 Å². The number of carbonyl (C=O) groups is 2. The van der Waals surface area contributed by atoms with Crippen LogP contribution < -0.4 is 0 Å². The lowest BCUT2D eigenvalue weighted by molar-refractivity contribution is -0.133. The largest absolute Gasteiger partial charge is 0.305 e. The van der Waals surface area contributed by atoms with Crippen molar-refractivity contribution in [1.29, 1.82) is 0 Å². The van der Waals surface area contributed by atoms with Crippen LogP contribution in [-0.2, 0) is 4.79 Å². The molecular weight excluding hydrogens is 494 g/mol. The van der Waals surface area contributed by atoms with Crippen LogP contribution in [0.1, 0.15) is 95.1 Å². The third kappa shape index (κ3) is 6.91. The van der Waals surface area contributed by atoms with Gasteiger partial charge in [0.05, 0.1) is 11.4 Å². The minimum Gasteiger partial charge on any atom is -0.305 e. The van der Waals surface area contributed by atoms with Crippen LogP contribution in [0.15, 0.2) is 58.6 Å². The van der Waals surface area contributed by atoms with Gasteiger partial charge in [0.25, 0.3) is 5.91 Å². The summed E-state index contributed by atoms with van der Waals surface area (Å²) in [5.41, 5.74) is 2.21. The lowest BCUT2D eigenvalue weighted by Crippen LogP contribution is -2.51. The van der Waals surface area contributed by atoms with Crippen molar-refractivity contribution in [3.05, 3.63) is 59.7 Å². The fourth-order valence-corrected chi connectivity index (χ4v) is 5.86. The van der Waals surface area contributed by atoms with Crippen LogP contribution in [-0.4, -0.2) is 47.1 Å². The van der Waals surface area contributed by atoms with Gasteiger partial charge in [-0.3, -0.25) is 19.6 Å². The first-order valence-corrected chi connectivity index (χ1v) is 14.3. The molecule has 0 N–H and O–H groups in total. The van der Waals surface area contributed by atoms with E-state index in [-0.39, 0.29) is 17.4 Å². The molecule has 6 heteroatoms. The Kier molecular flexibility index (Phi) is 9.91. The number of alkyl halides is 1. The molecule has 1 spiro atoms. The van der Waals surface area contributed by atoms with Gasteiger partial charge in [-0.05, 0) is 61.3 Å². The Morgan fingerprint density at radius 1 is 1.24 bits per heavy atom. The van der Waals surface area contributed by atoms with Crippen LogP contribution in [0, 0.1) is 17.3 Å². The van der Waals surface area contributed by atoms with Crippen LogP contribution in [0.4, 0.5) is 0 Å². The van der Waals surface area contributed by atoms with Gasteiger partial charge in [-0.25, -0.2) is 0 Å². The molecule has 38 heavy (non-hydrogen) atoms. The number of aldehydes is 1. The molecule has 0 saturated heterocycles. The summed E-state index contributed by atoms with van der Waals surface area (Å²) in [5.74, 6) is 1.14. The first kappa shape index (κ1) is 30.0. The maximum Gasteiger partial charge on any atom is 0.275 e. The van der Waals surface area contributed by atoms with Gasteiger partial charge in [0, 0.05) is 24.4 Å². The quantitative estimate of drug-likeness (QED) is 0.133. The minimum absolute atomic E-state index is 0.0783. The van der Waals surface area contributed by atoms with Crippen molar-refractivity contribution < 1.29 is 9.59 Å². The number of hydrogen-bond acceptors (Lipinski definition) is 4. The second-order valence-corrected chi connectivity index (χ2v) is 12.8. The highest BCUT2D eigenvalue weighted by Gasteiger charge is 2.52. The van der Waals surface area contributed by atoms with Crippen molar-refractivity contribution in [2.24, 2.45) is 27.2 Å². The highest BCUT2D eigenvalue weighted by atomic mass is 35.5. The molecule has 1 amide bonds. The van der Waals surface area contributed by atoms with Gasteiger partial charge in [-0.15, -0.1) is 18.2 Å². The molecule has 1 saturated carbocycles. The molecule has 2 aliphatic rings. The Bertz CT molecular complexity index is 1090. The molecular formula is C32H44ClN3O2. The monoisotopic (exact) mass is 537 g/mol. The summed E-state index contributed by atoms with van der Waals surface area (Å²) in [6.07, 6.45) is 11.4. The zero-order valence-corrected chi connectivity index (χ0v) is 24.7. The van der Waals surface area contributed by atoms with Crippen LogP contribution in [0.5, 0.6) is 0 Å². The molecule has 5 nitrogen and oxygen atoms in total. The van der Waals surface area contributed by atoms with Gasteiger partial charge in [0.15, 0.2) is 0 Å². The Hall–Kier alpha value is -2.53. The molecule has 1 aromatic carbocycles. The van der Waals surface area contributed by atoms with E-state index in [1.165, 1.54) is 0 Å². The highest BCUT2D eigenvalue weighted by molar-refractivity contribution is 6.51. The summed E-state index contributed by atoms with van der Waals surface area (Å²) in [5, 5.41) is -0.437. The smallest absolute Gasteiger partial charge is 0.275 e. The van der Waals surface area contributed by atoms with E-state index in [1.807, 2.05) is 24.3 Å². The van der Waals surface area contributed by atoms with Gasteiger partial charge in [-0.2, -0.15) is 0 Å². The maximum atomic E-state index is 14.4. The average Bonchev–Trinajstić information content (AvgIpc) is 3.15. The fourth-order valence-electron chi connectivity index (χ4n) is 5.73. The molecule has 1 fully saturated rings. The summed E-state index contributed by atoms with van der Waals surface area (Å²) >= 11 is 6.41. The van der Waals surface area contributed by atoms with E-state index in [0.29, 0.717) is 28.7 Å². The van der Waals surface area contributed by atoms with Crippen molar-refractivity contribution in [1.82, 2.24) is 4.90 Å². The van der Waals surface area contributed by atoms with E-state index in [4.69, 9.17) is 16.6 Å². The Labute approximate surface area is 234 Å². The van der Waals surface area contributed by atoms with E-state index in [2.05, 4.69) is 51.1 Å². The standard InChI is InChI=1S/C32H44ClN3O2/c1-8-27(33)19-26(20-34-7)29-30(38)36(32(35-29)17-13-24(14-18-32)22(2)3)28(15-16-31(4,5)6)25-11-9-23(21-37)10-12-25/h8-12,19-22,24,27-28H,1,13-18H2,2-7H3/b26-19+,34-20?. The Morgan fingerprint density at radius 3 is 2.37 bits per heavy atom. The molecule has 2 atom stereocenters. The molecule has 1 aliphatic heterocycles. The normalized spacial score (nSPS) is 24.3. The van der Waals surface area contributed by atoms with Crippen LogP contribution >= 0.6 is 11.6 Å². The van der Waals surface area contributed by atoms with Gasteiger partial charge < -0.3 is 4.90 Å². The van der Waals surface area contributed by atoms with E-state index < -0.39 is 11.0 Å². The van der Waals surface area contributed by atoms with Crippen molar-refractivity contribution in [2.45, 2.75) is 90.2 Å². The summed E-state index contributed by atoms with van der Waals surface area (Å²) in [4.78, 5) is 37.3. The summed E-state index contributed by atoms with van der Waals surface area (Å²) in [7, 11) is 1.69.